The van der Waals surface area contributed by atoms with Crippen LogP contribution < -0.4 is 0 Å². The summed E-state index contributed by atoms with van der Waals surface area (Å²) in [5.74, 6) is 0.949. The monoisotopic (exact) mass is 210 g/mol. The van der Waals surface area contributed by atoms with Gasteiger partial charge in [-0.1, -0.05) is 85.0 Å². The molecular formula is C15H30. The van der Waals surface area contributed by atoms with Crippen LogP contribution in [-0.4, -0.2) is 0 Å². The minimum atomic E-state index is 0.949. The number of hydrogen-bond acceptors (Lipinski definition) is 0. The first-order valence-corrected chi connectivity index (χ1v) is 6.92. The molecule has 0 aliphatic heterocycles. The highest BCUT2D eigenvalue weighted by Gasteiger charge is 2.00. The van der Waals surface area contributed by atoms with E-state index < -0.39 is 0 Å². The van der Waals surface area contributed by atoms with Gasteiger partial charge in [0.15, 0.2) is 0 Å². The van der Waals surface area contributed by atoms with Gasteiger partial charge in [-0.15, -0.1) is 0 Å². The fourth-order valence-electron chi connectivity index (χ4n) is 1.91. The maximum Gasteiger partial charge on any atom is -0.0386 e. The van der Waals surface area contributed by atoms with Crippen molar-refractivity contribution >= 4 is 0 Å². The van der Waals surface area contributed by atoms with Crippen molar-refractivity contribution in [3.8, 4) is 0 Å². The van der Waals surface area contributed by atoms with Gasteiger partial charge in [0.2, 0.25) is 0 Å². The number of rotatable bonds is 11. The standard InChI is InChI=1S/C15H30/c1-4-6-8-9-10-11-12-14-15(3)13-7-5-2/h9,15H,1,4-8,10-14H2,2-3H3. The molecule has 1 unspecified atom stereocenters. The topological polar surface area (TPSA) is 0 Å². The van der Waals surface area contributed by atoms with Crippen LogP contribution in [0.2, 0.25) is 0 Å². The van der Waals surface area contributed by atoms with Gasteiger partial charge in [0.05, 0.1) is 0 Å². The molecule has 0 rings (SSSR count). The van der Waals surface area contributed by atoms with E-state index in [4.69, 9.17) is 0 Å². The summed E-state index contributed by atoms with van der Waals surface area (Å²) in [6.45, 7) is 8.54. The van der Waals surface area contributed by atoms with Crippen molar-refractivity contribution in [3.63, 3.8) is 0 Å². The lowest BCUT2D eigenvalue weighted by atomic mass is 9.97. The van der Waals surface area contributed by atoms with Crippen LogP contribution in [0.15, 0.2) is 0 Å². The first-order valence-electron chi connectivity index (χ1n) is 6.92. The highest BCUT2D eigenvalue weighted by molar-refractivity contribution is 4.65. The zero-order valence-corrected chi connectivity index (χ0v) is 10.9. The predicted molar refractivity (Wildman–Crippen MR) is 70.7 cm³/mol. The van der Waals surface area contributed by atoms with E-state index in [9.17, 15) is 0 Å². The van der Waals surface area contributed by atoms with Gasteiger partial charge in [0.25, 0.3) is 0 Å². The minimum absolute atomic E-state index is 0.949. The van der Waals surface area contributed by atoms with Crippen molar-refractivity contribution in [2.75, 3.05) is 0 Å². The van der Waals surface area contributed by atoms with Gasteiger partial charge >= 0.3 is 0 Å². The second-order valence-electron chi connectivity index (χ2n) is 4.82. The average Bonchev–Trinajstić information content (AvgIpc) is 2.25. The fourth-order valence-corrected chi connectivity index (χ4v) is 1.91. The van der Waals surface area contributed by atoms with E-state index in [1.807, 2.05) is 0 Å². The molecule has 0 aromatic heterocycles. The molecule has 15 heavy (non-hydrogen) atoms. The van der Waals surface area contributed by atoms with Crippen LogP contribution in [0.1, 0.15) is 78.1 Å². The molecule has 2 radical (unpaired) electrons. The molecule has 90 valence electrons. The zero-order chi connectivity index (χ0) is 11.4. The Morgan fingerprint density at radius 1 is 1.00 bits per heavy atom. The summed E-state index contributed by atoms with van der Waals surface area (Å²) < 4.78 is 0. The third kappa shape index (κ3) is 11.9. The third-order valence-electron chi connectivity index (χ3n) is 3.06. The van der Waals surface area contributed by atoms with Gasteiger partial charge in [0.1, 0.15) is 0 Å². The normalized spacial score (nSPS) is 13.0. The summed E-state index contributed by atoms with van der Waals surface area (Å²) in [7, 11) is 0. The van der Waals surface area contributed by atoms with Gasteiger partial charge in [-0.2, -0.15) is 0 Å². The number of unbranched alkanes of at least 4 members (excludes halogenated alkanes) is 7. The molecule has 0 aliphatic rings. The van der Waals surface area contributed by atoms with Gasteiger partial charge in [-0.05, 0) is 12.3 Å². The van der Waals surface area contributed by atoms with Crippen molar-refractivity contribution < 1.29 is 0 Å². The lowest BCUT2D eigenvalue weighted by molar-refractivity contribution is 0.448. The smallest absolute Gasteiger partial charge is 0.0386 e. The van der Waals surface area contributed by atoms with Crippen molar-refractivity contribution in [3.05, 3.63) is 13.3 Å². The first kappa shape index (κ1) is 15.0. The molecule has 0 amide bonds. The van der Waals surface area contributed by atoms with E-state index in [0.717, 1.165) is 12.3 Å². The Kier molecular flexibility index (Phi) is 12.1. The van der Waals surface area contributed by atoms with Gasteiger partial charge in [-0.25, -0.2) is 0 Å². The van der Waals surface area contributed by atoms with E-state index in [-0.39, 0.29) is 0 Å². The van der Waals surface area contributed by atoms with E-state index >= 15 is 0 Å². The molecule has 0 heterocycles. The van der Waals surface area contributed by atoms with Gasteiger partial charge in [-0.3, -0.25) is 0 Å². The third-order valence-corrected chi connectivity index (χ3v) is 3.06. The van der Waals surface area contributed by atoms with Crippen LogP contribution >= 0.6 is 0 Å². The van der Waals surface area contributed by atoms with Crippen LogP contribution in [-0.2, 0) is 0 Å². The van der Waals surface area contributed by atoms with Crippen molar-refractivity contribution in [2.45, 2.75) is 78.1 Å². The molecule has 0 nitrogen and oxygen atoms in total. The molecule has 0 aromatic rings. The molecule has 0 saturated carbocycles. The first-order chi connectivity index (χ1) is 7.31. The summed E-state index contributed by atoms with van der Waals surface area (Å²) in [5.41, 5.74) is 0. The Morgan fingerprint density at radius 2 is 1.67 bits per heavy atom. The Hall–Kier alpha value is 0. The number of hydrogen-bond donors (Lipinski definition) is 0. The summed E-state index contributed by atoms with van der Waals surface area (Å²) in [6.07, 6.45) is 15.8. The Balaban J connectivity index is 3.02. The summed E-state index contributed by atoms with van der Waals surface area (Å²) >= 11 is 0. The Bertz CT molecular complexity index is 107. The molecule has 0 saturated heterocycles. The molecule has 0 spiro atoms. The van der Waals surface area contributed by atoms with Gasteiger partial charge < -0.3 is 0 Å². The van der Waals surface area contributed by atoms with Crippen molar-refractivity contribution in [1.82, 2.24) is 0 Å². The highest BCUT2D eigenvalue weighted by Crippen LogP contribution is 2.16. The largest absolute Gasteiger partial charge is 0.0654 e. The van der Waals surface area contributed by atoms with Crippen LogP contribution in [0.3, 0.4) is 0 Å². The maximum absolute atomic E-state index is 3.85. The van der Waals surface area contributed by atoms with E-state index in [1.54, 1.807) is 0 Å². The average molecular weight is 210 g/mol. The highest BCUT2D eigenvalue weighted by atomic mass is 14.1. The predicted octanol–water partition coefficient (Wildman–Crippen LogP) is 5.58. The Morgan fingerprint density at radius 3 is 2.33 bits per heavy atom. The van der Waals surface area contributed by atoms with E-state index in [1.165, 1.54) is 57.8 Å². The SMILES string of the molecule is [CH2]CCC[CH]CCCCC(C)CCCC. The van der Waals surface area contributed by atoms with Crippen LogP contribution in [0.4, 0.5) is 0 Å². The van der Waals surface area contributed by atoms with Crippen LogP contribution in [0.5, 0.6) is 0 Å². The molecular weight excluding hydrogens is 180 g/mol. The quantitative estimate of drug-likeness (QED) is 0.390. The fraction of sp³-hybridized carbons (Fsp3) is 0.867. The molecule has 0 N–H and O–H groups in total. The van der Waals surface area contributed by atoms with Gasteiger partial charge in [0, 0.05) is 0 Å². The minimum Gasteiger partial charge on any atom is -0.0654 e. The molecule has 0 aromatic carbocycles. The van der Waals surface area contributed by atoms with Crippen molar-refractivity contribution in [1.29, 1.82) is 0 Å². The van der Waals surface area contributed by atoms with E-state index in [0.29, 0.717) is 0 Å². The van der Waals surface area contributed by atoms with Crippen LogP contribution in [0.25, 0.3) is 0 Å². The maximum atomic E-state index is 3.85. The molecule has 1 atom stereocenters. The summed E-state index contributed by atoms with van der Waals surface area (Å²) in [5, 5.41) is 0. The Labute approximate surface area is 97.8 Å². The zero-order valence-electron chi connectivity index (χ0n) is 10.9. The molecule has 0 aliphatic carbocycles. The summed E-state index contributed by atoms with van der Waals surface area (Å²) in [4.78, 5) is 0. The molecule has 0 heteroatoms. The molecule has 0 bridgehead atoms. The second-order valence-corrected chi connectivity index (χ2v) is 4.82. The lowest BCUT2D eigenvalue weighted by Gasteiger charge is -2.09. The lowest BCUT2D eigenvalue weighted by Crippen LogP contribution is -1.94. The van der Waals surface area contributed by atoms with E-state index in [2.05, 4.69) is 27.2 Å². The van der Waals surface area contributed by atoms with Crippen molar-refractivity contribution in [2.24, 2.45) is 5.92 Å². The second kappa shape index (κ2) is 12.1. The van der Waals surface area contributed by atoms with Crippen LogP contribution in [0, 0.1) is 19.3 Å². The molecule has 0 fully saturated rings. The summed E-state index contributed by atoms with van der Waals surface area (Å²) in [6, 6.07) is 0.